The number of nitrogens with one attached hydrogen (secondary N) is 1. The zero-order valence-corrected chi connectivity index (χ0v) is 12.2. The van der Waals surface area contributed by atoms with Crippen LogP contribution in [0.15, 0.2) is 5.16 Å². The number of hydrogen-bond donors (Lipinski definition) is 2. The summed E-state index contributed by atoms with van der Waals surface area (Å²) in [5.74, 6) is 0.235. The molecule has 0 aromatic carbocycles. The number of nitrogens with two attached hydrogens (primary N) is 1. The third-order valence-corrected chi connectivity index (χ3v) is 3.21. The van der Waals surface area contributed by atoms with Crippen LogP contribution in [0, 0.1) is 0 Å². The Balaban J connectivity index is 1.66. The molecule has 1 aliphatic carbocycles. The Morgan fingerprint density at radius 1 is 1.55 bits per heavy atom. The van der Waals surface area contributed by atoms with Crippen LogP contribution in [-0.4, -0.2) is 61.1 Å². The van der Waals surface area contributed by atoms with Gasteiger partial charge in [0.25, 0.3) is 5.91 Å². The smallest absolute Gasteiger partial charge is 0.260 e. The van der Waals surface area contributed by atoms with Crippen LogP contribution in [0.2, 0.25) is 0 Å². The lowest BCUT2D eigenvalue weighted by atomic mass is 10.1. The van der Waals surface area contributed by atoms with E-state index in [0.717, 1.165) is 25.9 Å². The second kappa shape index (κ2) is 6.41. The Labute approximate surface area is 119 Å². The molecule has 1 amide bonds. The SMILES string of the molecule is CC1(C)CN(C/C(N)=N/OCC(=O)NC2CC2)CCO1. The molecule has 114 valence electrons. The molecule has 0 atom stereocenters. The second-order valence-electron chi connectivity index (χ2n) is 6.02. The number of hydrogen-bond acceptors (Lipinski definition) is 5. The number of ether oxygens (including phenoxy) is 1. The molecule has 1 heterocycles. The minimum atomic E-state index is -0.163. The Hall–Kier alpha value is -1.34. The summed E-state index contributed by atoms with van der Waals surface area (Å²) in [6.07, 6.45) is 2.12. The van der Waals surface area contributed by atoms with Crippen molar-refractivity contribution in [2.45, 2.75) is 38.3 Å². The van der Waals surface area contributed by atoms with Gasteiger partial charge in [-0.25, -0.2) is 0 Å². The average Bonchev–Trinajstić information content (AvgIpc) is 3.11. The van der Waals surface area contributed by atoms with Crippen molar-refractivity contribution in [2.75, 3.05) is 32.8 Å². The topological polar surface area (TPSA) is 89.2 Å². The van der Waals surface area contributed by atoms with Crippen molar-refractivity contribution in [3.63, 3.8) is 0 Å². The normalized spacial score (nSPS) is 23.4. The number of amides is 1. The summed E-state index contributed by atoms with van der Waals surface area (Å²) < 4.78 is 5.63. The van der Waals surface area contributed by atoms with Crippen LogP contribution in [0.1, 0.15) is 26.7 Å². The summed E-state index contributed by atoms with van der Waals surface area (Å²) in [7, 11) is 0. The van der Waals surface area contributed by atoms with Gasteiger partial charge in [-0.2, -0.15) is 0 Å². The first-order valence-electron chi connectivity index (χ1n) is 7.04. The number of amidine groups is 1. The molecule has 1 saturated heterocycles. The van der Waals surface area contributed by atoms with Gasteiger partial charge in [0.1, 0.15) is 0 Å². The van der Waals surface area contributed by atoms with Crippen molar-refractivity contribution in [2.24, 2.45) is 10.9 Å². The second-order valence-corrected chi connectivity index (χ2v) is 6.02. The summed E-state index contributed by atoms with van der Waals surface area (Å²) in [6.45, 7) is 6.84. The molecule has 3 N–H and O–H groups in total. The van der Waals surface area contributed by atoms with Crippen molar-refractivity contribution < 1.29 is 14.4 Å². The fourth-order valence-electron chi connectivity index (χ4n) is 2.18. The summed E-state index contributed by atoms with van der Waals surface area (Å²) in [6, 6.07) is 0.336. The molecule has 0 aromatic rings. The number of rotatable bonds is 6. The number of nitrogens with zero attached hydrogens (tertiary/aromatic N) is 2. The van der Waals surface area contributed by atoms with Gasteiger partial charge >= 0.3 is 0 Å². The maximum absolute atomic E-state index is 11.4. The molecule has 7 heteroatoms. The number of carbonyl (C=O) groups is 1. The van der Waals surface area contributed by atoms with Gasteiger partial charge in [0.2, 0.25) is 0 Å². The number of morpholine rings is 1. The summed E-state index contributed by atoms with van der Waals surface area (Å²) in [5.41, 5.74) is 5.64. The predicted octanol–water partition coefficient (Wildman–Crippen LogP) is -0.335. The van der Waals surface area contributed by atoms with E-state index in [-0.39, 0.29) is 18.1 Å². The molecule has 2 rings (SSSR count). The molecule has 1 saturated carbocycles. The average molecular weight is 284 g/mol. The maximum atomic E-state index is 11.4. The third-order valence-electron chi connectivity index (χ3n) is 3.21. The van der Waals surface area contributed by atoms with Gasteiger partial charge in [-0.3, -0.25) is 9.69 Å². The number of carbonyl (C=O) groups excluding carboxylic acids is 1. The van der Waals surface area contributed by atoms with E-state index in [1.807, 2.05) is 13.8 Å². The Morgan fingerprint density at radius 2 is 2.30 bits per heavy atom. The lowest BCUT2D eigenvalue weighted by molar-refractivity contribution is -0.125. The van der Waals surface area contributed by atoms with Crippen molar-refractivity contribution in [1.29, 1.82) is 0 Å². The highest BCUT2D eigenvalue weighted by Gasteiger charge is 2.27. The van der Waals surface area contributed by atoms with Crippen molar-refractivity contribution >= 4 is 11.7 Å². The predicted molar refractivity (Wildman–Crippen MR) is 75.2 cm³/mol. The molecule has 0 bridgehead atoms. The quantitative estimate of drug-likeness (QED) is 0.396. The molecule has 0 radical (unpaired) electrons. The van der Waals surface area contributed by atoms with Crippen molar-refractivity contribution in [1.82, 2.24) is 10.2 Å². The van der Waals surface area contributed by atoms with Crippen LogP contribution in [-0.2, 0) is 14.4 Å². The Kier molecular flexibility index (Phi) is 4.82. The highest BCUT2D eigenvalue weighted by atomic mass is 16.6. The molecule has 2 aliphatic rings. The van der Waals surface area contributed by atoms with E-state index in [1.54, 1.807) is 0 Å². The first-order valence-corrected chi connectivity index (χ1v) is 7.04. The minimum absolute atomic E-state index is 0.0776. The fraction of sp³-hybridized carbons (Fsp3) is 0.846. The van der Waals surface area contributed by atoms with Crippen LogP contribution in [0.3, 0.4) is 0 Å². The van der Waals surface area contributed by atoms with Gasteiger partial charge < -0.3 is 20.6 Å². The molecule has 2 fully saturated rings. The minimum Gasteiger partial charge on any atom is -0.384 e. The molecule has 0 unspecified atom stereocenters. The van der Waals surface area contributed by atoms with Crippen molar-refractivity contribution in [3.05, 3.63) is 0 Å². The molecule has 20 heavy (non-hydrogen) atoms. The highest BCUT2D eigenvalue weighted by Crippen LogP contribution is 2.18. The van der Waals surface area contributed by atoms with E-state index < -0.39 is 0 Å². The van der Waals surface area contributed by atoms with Crippen LogP contribution in [0.4, 0.5) is 0 Å². The first-order chi connectivity index (χ1) is 9.44. The Bertz CT molecular complexity index is 380. The van der Waals surface area contributed by atoms with E-state index in [1.165, 1.54) is 0 Å². The van der Waals surface area contributed by atoms with Gasteiger partial charge in [0.15, 0.2) is 12.4 Å². The van der Waals surface area contributed by atoms with Gasteiger partial charge in [-0.1, -0.05) is 5.16 Å². The number of oxime groups is 1. The van der Waals surface area contributed by atoms with Crippen LogP contribution in [0.25, 0.3) is 0 Å². The van der Waals surface area contributed by atoms with Gasteiger partial charge in [-0.15, -0.1) is 0 Å². The van der Waals surface area contributed by atoms with E-state index >= 15 is 0 Å². The summed E-state index contributed by atoms with van der Waals surface area (Å²) >= 11 is 0. The lowest BCUT2D eigenvalue weighted by Gasteiger charge is -2.37. The third kappa shape index (κ3) is 5.34. The zero-order valence-electron chi connectivity index (χ0n) is 12.2. The molecular formula is C13H24N4O3. The molecule has 1 aliphatic heterocycles. The summed E-state index contributed by atoms with van der Waals surface area (Å²) in [4.78, 5) is 18.5. The first kappa shape index (κ1) is 15.1. The highest BCUT2D eigenvalue weighted by molar-refractivity contribution is 5.82. The molecule has 7 nitrogen and oxygen atoms in total. The lowest BCUT2D eigenvalue weighted by Crippen LogP contribution is -2.50. The van der Waals surface area contributed by atoms with E-state index in [9.17, 15) is 4.79 Å². The largest absolute Gasteiger partial charge is 0.384 e. The Morgan fingerprint density at radius 3 is 2.95 bits per heavy atom. The van der Waals surface area contributed by atoms with Gasteiger partial charge in [0, 0.05) is 19.1 Å². The standard InChI is InChI=1S/C13H24N4O3/c1-13(2)9-17(5-6-19-13)7-11(14)16-20-8-12(18)15-10-3-4-10/h10H,3-9H2,1-2H3,(H2,14,16)(H,15,18). The molecular weight excluding hydrogens is 260 g/mol. The van der Waals surface area contributed by atoms with Gasteiger partial charge in [0.05, 0.1) is 18.8 Å². The monoisotopic (exact) mass is 284 g/mol. The van der Waals surface area contributed by atoms with Crippen LogP contribution >= 0.6 is 0 Å². The van der Waals surface area contributed by atoms with Crippen LogP contribution < -0.4 is 11.1 Å². The van der Waals surface area contributed by atoms with E-state index in [4.69, 9.17) is 15.3 Å². The summed E-state index contributed by atoms with van der Waals surface area (Å²) in [5, 5.41) is 6.60. The molecule has 0 aromatic heterocycles. The zero-order chi connectivity index (χ0) is 14.6. The van der Waals surface area contributed by atoms with E-state index in [0.29, 0.717) is 25.0 Å². The van der Waals surface area contributed by atoms with E-state index in [2.05, 4.69) is 15.4 Å². The van der Waals surface area contributed by atoms with Crippen LogP contribution in [0.5, 0.6) is 0 Å². The van der Waals surface area contributed by atoms with Gasteiger partial charge in [-0.05, 0) is 26.7 Å². The fourth-order valence-corrected chi connectivity index (χ4v) is 2.18. The van der Waals surface area contributed by atoms with Crippen molar-refractivity contribution in [3.8, 4) is 0 Å². The maximum Gasteiger partial charge on any atom is 0.260 e. The molecule has 0 spiro atoms.